The Bertz CT molecular complexity index is 347. The van der Waals surface area contributed by atoms with Gasteiger partial charge in [0.25, 0.3) is 0 Å². The van der Waals surface area contributed by atoms with Crippen molar-refractivity contribution in [2.24, 2.45) is 0 Å². The van der Waals surface area contributed by atoms with Crippen LogP contribution in [0.3, 0.4) is 0 Å². The van der Waals surface area contributed by atoms with Gasteiger partial charge >= 0.3 is 5.97 Å². The molecule has 0 radical (unpaired) electrons. The van der Waals surface area contributed by atoms with Gasteiger partial charge in [0.15, 0.2) is 0 Å². The maximum atomic E-state index is 13.4. The minimum absolute atomic E-state index is 0.272. The van der Waals surface area contributed by atoms with Crippen LogP contribution in [0.15, 0.2) is 18.2 Å². The third kappa shape index (κ3) is 3.05. The first-order chi connectivity index (χ1) is 7.19. The zero-order chi connectivity index (χ0) is 11.3. The van der Waals surface area contributed by atoms with Gasteiger partial charge in [-0.25, -0.2) is 9.18 Å². The summed E-state index contributed by atoms with van der Waals surface area (Å²) < 4.78 is 18.2. The summed E-state index contributed by atoms with van der Waals surface area (Å²) >= 11 is 0. The highest BCUT2D eigenvalue weighted by Gasteiger charge is 2.09. The summed E-state index contributed by atoms with van der Waals surface area (Å²) in [6.07, 6.45) is 1.57. The molecule has 0 aliphatic heterocycles. The first-order valence-corrected chi connectivity index (χ1v) is 5.14. The van der Waals surface area contributed by atoms with Crippen LogP contribution in [0.25, 0.3) is 0 Å². The molecule has 0 unspecified atom stereocenters. The third-order valence-corrected chi connectivity index (χ3v) is 2.08. The van der Waals surface area contributed by atoms with Crippen molar-refractivity contribution >= 4 is 5.97 Å². The molecule has 0 amide bonds. The number of carbonyl (C=O) groups is 1. The van der Waals surface area contributed by atoms with E-state index in [4.69, 9.17) is 4.74 Å². The van der Waals surface area contributed by atoms with Crippen LogP contribution in [0.5, 0.6) is 0 Å². The summed E-state index contributed by atoms with van der Waals surface area (Å²) in [5.41, 5.74) is 0.916. The molecule has 0 fully saturated rings. The Morgan fingerprint density at radius 3 is 2.67 bits per heavy atom. The van der Waals surface area contributed by atoms with Crippen LogP contribution in [-0.2, 0) is 11.2 Å². The second-order valence-electron chi connectivity index (χ2n) is 3.28. The third-order valence-electron chi connectivity index (χ3n) is 2.08. The molecule has 3 heteroatoms. The largest absolute Gasteiger partial charge is 0.462 e. The molecule has 0 aliphatic rings. The fourth-order valence-corrected chi connectivity index (χ4v) is 1.36. The predicted octanol–water partition coefficient (Wildman–Crippen LogP) is 2.95. The average Bonchev–Trinajstić information content (AvgIpc) is 2.21. The van der Waals surface area contributed by atoms with Gasteiger partial charge in [-0.05, 0) is 31.0 Å². The molecule has 1 rings (SSSR count). The molecule has 0 heterocycles. The van der Waals surface area contributed by atoms with Gasteiger partial charge in [-0.2, -0.15) is 0 Å². The van der Waals surface area contributed by atoms with Crippen molar-refractivity contribution in [2.75, 3.05) is 6.61 Å². The molecule has 82 valence electrons. The number of hydrogen-bond donors (Lipinski definition) is 0. The predicted molar refractivity (Wildman–Crippen MR) is 56.4 cm³/mol. The summed E-state index contributed by atoms with van der Waals surface area (Å²) in [6, 6.07) is 4.49. The van der Waals surface area contributed by atoms with Crippen LogP contribution in [0.4, 0.5) is 4.39 Å². The maximum Gasteiger partial charge on any atom is 0.338 e. The number of rotatable bonds is 4. The van der Waals surface area contributed by atoms with Crippen LogP contribution >= 0.6 is 0 Å². The Morgan fingerprint density at radius 2 is 2.13 bits per heavy atom. The fourth-order valence-electron chi connectivity index (χ4n) is 1.36. The molecule has 0 N–H and O–H groups in total. The van der Waals surface area contributed by atoms with E-state index in [1.165, 1.54) is 6.07 Å². The minimum atomic E-state index is -0.473. The summed E-state index contributed by atoms with van der Waals surface area (Å²) in [4.78, 5) is 11.3. The second-order valence-corrected chi connectivity index (χ2v) is 3.28. The molecule has 0 bridgehead atoms. The quantitative estimate of drug-likeness (QED) is 0.714. The standard InChI is InChI=1S/C12H15FO2/c1-3-5-9-6-7-10(8-11(9)13)12(14)15-4-2/h6-8H,3-5H2,1-2H3. The summed E-state index contributed by atoms with van der Waals surface area (Å²) in [7, 11) is 0. The highest BCUT2D eigenvalue weighted by atomic mass is 19.1. The first kappa shape index (κ1) is 11.7. The Kier molecular flexibility index (Phi) is 4.28. The van der Waals surface area contributed by atoms with E-state index in [2.05, 4.69) is 0 Å². The van der Waals surface area contributed by atoms with E-state index in [0.29, 0.717) is 18.6 Å². The van der Waals surface area contributed by atoms with Gasteiger partial charge in [-0.1, -0.05) is 19.4 Å². The Balaban J connectivity index is 2.86. The van der Waals surface area contributed by atoms with E-state index in [1.807, 2.05) is 6.92 Å². The molecule has 0 aliphatic carbocycles. The van der Waals surface area contributed by atoms with E-state index in [-0.39, 0.29) is 11.4 Å². The van der Waals surface area contributed by atoms with Crippen molar-refractivity contribution in [3.8, 4) is 0 Å². The summed E-state index contributed by atoms with van der Waals surface area (Å²) in [6.45, 7) is 4.01. The van der Waals surface area contributed by atoms with Crippen molar-refractivity contribution < 1.29 is 13.9 Å². The average molecular weight is 210 g/mol. The Morgan fingerprint density at radius 1 is 1.40 bits per heavy atom. The van der Waals surface area contributed by atoms with Crippen molar-refractivity contribution in [3.63, 3.8) is 0 Å². The monoisotopic (exact) mass is 210 g/mol. The van der Waals surface area contributed by atoms with E-state index >= 15 is 0 Å². The van der Waals surface area contributed by atoms with Crippen LogP contribution < -0.4 is 0 Å². The molecule has 15 heavy (non-hydrogen) atoms. The van der Waals surface area contributed by atoms with Gasteiger partial charge in [0.2, 0.25) is 0 Å². The lowest BCUT2D eigenvalue weighted by Gasteiger charge is -2.04. The molecular formula is C12H15FO2. The minimum Gasteiger partial charge on any atom is -0.462 e. The van der Waals surface area contributed by atoms with Gasteiger partial charge in [0.1, 0.15) is 5.82 Å². The molecule has 0 spiro atoms. The highest BCUT2D eigenvalue weighted by molar-refractivity contribution is 5.89. The highest BCUT2D eigenvalue weighted by Crippen LogP contribution is 2.13. The zero-order valence-electron chi connectivity index (χ0n) is 9.05. The van der Waals surface area contributed by atoms with E-state index in [9.17, 15) is 9.18 Å². The summed E-state index contributed by atoms with van der Waals surface area (Å²) in [5.74, 6) is -0.804. The second kappa shape index (κ2) is 5.49. The lowest BCUT2D eigenvalue weighted by atomic mass is 10.1. The topological polar surface area (TPSA) is 26.3 Å². The molecule has 1 aromatic rings. The van der Waals surface area contributed by atoms with Crippen LogP contribution in [0.2, 0.25) is 0 Å². The van der Waals surface area contributed by atoms with Gasteiger partial charge in [-0.3, -0.25) is 0 Å². The van der Waals surface area contributed by atoms with E-state index in [0.717, 1.165) is 6.42 Å². The number of hydrogen-bond acceptors (Lipinski definition) is 2. The number of benzene rings is 1. The van der Waals surface area contributed by atoms with Crippen molar-refractivity contribution in [3.05, 3.63) is 35.1 Å². The van der Waals surface area contributed by atoms with Crippen LogP contribution in [0, 0.1) is 5.82 Å². The molecule has 0 aromatic heterocycles. The van der Waals surface area contributed by atoms with E-state index in [1.54, 1.807) is 19.1 Å². The normalized spacial score (nSPS) is 10.1. The maximum absolute atomic E-state index is 13.4. The fraction of sp³-hybridized carbons (Fsp3) is 0.417. The zero-order valence-corrected chi connectivity index (χ0v) is 9.05. The van der Waals surface area contributed by atoms with Gasteiger partial charge in [0.05, 0.1) is 12.2 Å². The SMILES string of the molecule is CCCc1ccc(C(=O)OCC)cc1F. The van der Waals surface area contributed by atoms with Gasteiger partial charge in [0, 0.05) is 0 Å². The molecular weight excluding hydrogens is 195 g/mol. The van der Waals surface area contributed by atoms with Crippen molar-refractivity contribution in [2.45, 2.75) is 26.7 Å². The van der Waals surface area contributed by atoms with E-state index < -0.39 is 5.97 Å². The smallest absolute Gasteiger partial charge is 0.338 e. The Hall–Kier alpha value is -1.38. The molecule has 0 atom stereocenters. The lowest BCUT2D eigenvalue weighted by Crippen LogP contribution is -2.05. The number of esters is 1. The number of carbonyl (C=O) groups excluding carboxylic acids is 1. The molecule has 1 aromatic carbocycles. The summed E-state index contributed by atoms with van der Waals surface area (Å²) in [5, 5.41) is 0. The van der Waals surface area contributed by atoms with Crippen molar-refractivity contribution in [1.29, 1.82) is 0 Å². The molecule has 0 saturated carbocycles. The number of aryl methyl sites for hydroxylation is 1. The van der Waals surface area contributed by atoms with Gasteiger partial charge in [-0.15, -0.1) is 0 Å². The number of halogens is 1. The van der Waals surface area contributed by atoms with Crippen LogP contribution in [0.1, 0.15) is 36.2 Å². The first-order valence-electron chi connectivity index (χ1n) is 5.14. The molecule has 2 nitrogen and oxygen atoms in total. The van der Waals surface area contributed by atoms with Gasteiger partial charge < -0.3 is 4.74 Å². The molecule has 0 saturated heterocycles. The van der Waals surface area contributed by atoms with Crippen LogP contribution in [-0.4, -0.2) is 12.6 Å². The lowest BCUT2D eigenvalue weighted by molar-refractivity contribution is 0.0526. The Labute approximate surface area is 89.1 Å². The van der Waals surface area contributed by atoms with Crippen molar-refractivity contribution in [1.82, 2.24) is 0 Å². The number of ether oxygens (including phenoxy) is 1.